The van der Waals surface area contributed by atoms with Crippen LogP contribution in [0.2, 0.25) is 0 Å². The minimum atomic E-state index is -4.72. The molecule has 0 aliphatic carbocycles. The summed E-state index contributed by atoms with van der Waals surface area (Å²) in [5.74, 6) is -0.506. The van der Waals surface area contributed by atoms with Crippen molar-refractivity contribution >= 4 is 11.6 Å². The minimum Gasteiger partial charge on any atom is -0.406 e. The molecule has 0 bridgehead atoms. The summed E-state index contributed by atoms with van der Waals surface area (Å²) in [6.07, 6.45) is -3.14. The van der Waals surface area contributed by atoms with Crippen LogP contribution in [0.1, 0.15) is 16.1 Å². The molecule has 1 aromatic heterocycles. The summed E-state index contributed by atoms with van der Waals surface area (Å²) < 4.78 is 42.1. The number of benzene rings is 2. The zero-order valence-electron chi connectivity index (χ0n) is 17.8. The molecule has 2 heterocycles. The minimum absolute atomic E-state index is 0.0699. The van der Waals surface area contributed by atoms with Gasteiger partial charge in [-0.25, -0.2) is 4.68 Å². The normalized spacial score (nSPS) is 14.7. The smallest absolute Gasteiger partial charge is 0.406 e. The van der Waals surface area contributed by atoms with E-state index in [1.807, 2.05) is 0 Å². The van der Waals surface area contributed by atoms with E-state index in [1.165, 1.54) is 28.9 Å². The van der Waals surface area contributed by atoms with Gasteiger partial charge < -0.3 is 9.64 Å². The van der Waals surface area contributed by atoms with E-state index in [0.29, 0.717) is 38.4 Å². The van der Waals surface area contributed by atoms with E-state index in [-0.39, 0.29) is 23.0 Å². The molecule has 0 radical (unpaired) electrons. The number of rotatable bonds is 6. The molecule has 4 rings (SSSR count). The molecular formula is C22H20F3N5O4. The number of carbonyl (C=O) groups excluding carboxylic acids is 1. The van der Waals surface area contributed by atoms with E-state index >= 15 is 0 Å². The van der Waals surface area contributed by atoms with Gasteiger partial charge in [-0.3, -0.25) is 19.8 Å². The summed E-state index contributed by atoms with van der Waals surface area (Å²) in [6.45, 7) is 2.67. The molecule has 9 nitrogen and oxygen atoms in total. The molecular weight excluding hydrogens is 455 g/mol. The summed E-state index contributed by atoms with van der Waals surface area (Å²) in [4.78, 5) is 27.1. The van der Waals surface area contributed by atoms with Crippen molar-refractivity contribution in [2.24, 2.45) is 0 Å². The maximum Gasteiger partial charge on any atom is 0.573 e. The number of hydrogen-bond acceptors (Lipinski definition) is 6. The number of piperazine rings is 1. The van der Waals surface area contributed by atoms with E-state index in [0.717, 1.165) is 5.56 Å². The highest BCUT2D eigenvalue weighted by Crippen LogP contribution is 2.23. The molecule has 1 fully saturated rings. The third kappa shape index (κ3) is 5.70. The van der Waals surface area contributed by atoms with Crippen LogP contribution in [0.4, 0.5) is 18.9 Å². The number of nitrogens with zero attached hydrogens (tertiary/aromatic N) is 5. The van der Waals surface area contributed by atoms with Gasteiger partial charge in [0.1, 0.15) is 5.75 Å². The summed E-state index contributed by atoms with van der Waals surface area (Å²) >= 11 is 0. The quantitative estimate of drug-likeness (QED) is 0.399. The molecule has 0 spiro atoms. The highest BCUT2D eigenvalue weighted by molar-refractivity contribution is 5.92. The van der Waals surface area contributed by atoms with Crippen LogP contribution in [0.5, 0.6) is 5.75 Å². The van der Waals surface area contributed by atoms with Gasteiger partial charge in [0.2, 0.25) is 0 Å². The predicted molar refractivity (Wildman–Crippen MR) is 115 cm³/mol. The number of amides is 1. The number of nitro benzene ring substituents is 1. The fourth-order valence-corrected chi connectivity index (χ4v) is 3.66. The third-order valence-electron chi connectivity index (χ3n) is 5.34. The largest absolute Gasteiger partial charge is 0.573 e. The molecule has 12 heteroatoms. The molecule has 0 atom stereocenters. The number of nitro groups is 1. The molecule has 1 amide bonds. The van der Waals surface area contributed by atoms with E-state index in [2.05, 4.69) is 14.7 Å². The van der Waals surface area contributed by atoms with Crippen molar-refractivity contribution in [2.45, 2.75) is 12.9 Å². The van der Waals surface area contributed by atoms with E-state index in [1.54, 1.807) is 41.4 Å². The Balaban J connectivity index is 1.32. The molecule has 0 N–H and O–H groups in total. The van der Waals surface area contributed by atoms with Gasteiger partial charge >= 0.3 is 6.36 Å². The molecule has 0 saturated carbocycles. The molecule has 34 heavy (non-hydrogen) atoms. The Morgan fingerprint density at radius 3 is 2.41 bits per heavy atom. The van der Waals surface area contributed by atoms with Crippen LogP contribution < -0.4 is 4.74 Å². The Labute approximate surface area is 192 Å². The summed E-state index contributed by atoms with van der Waals surface area (Å²) in [6, 6.07) is 13.3. The zero-order valence-corrected chi connectivity index (χ0v) is 17.8. The number of ether oxygens (including phenoxy) is 1. The lowest BCUT2D eigenvalue weighted by Gasteiger charge is -2.34. The molecule has 3 aromatic rings. The van der Waals surface area contributed by atoms with Crippen molar-refractivity contribution < 1.29 is 27.6 Å². The second-order valence-corrected chi connectivity index (χ2v) is 7.68. The van der Waals surface area contributed by atoms with E-state index < -0.39 is 11.3 Å². The molecule has 1 aliphatic heterocycles. The van der Waals surface area contributed by atoms with Crippen molar-refractivity contribution in [1.29, 1.82) is 0 Å². The first kappa shape index (κ1) is 23.2. The molecule has 1 saturated heterocycles. The van der Waals surface area contributed by atoms with Crippen molar-refractivity contribution in [3.05, 3.63) is 82.2 Å². The average molecular weight is 475 g/mol. The second kappa shape index (κ2) is 9.51. The highest BCUT2D eigenvalue weighted by atomic mass is 19.4. The number of halogens is 3. The highest BCUT2D eigenvalue weighted by Gasteiger charge is 2.31. The Kier molecular flexibility index (Phi) is 6.50. The van der Waals surface area contributed by atoms with Crippen LogP contribution in [0.3, 0.4) is 0 Å². The van der Waals surface area contributed by atoms with Crippen LogP contribution in [0.25, 0.3) is 5.69 Å². The van der Waals surface area contributed by atoms with Gasteiger partial charge in [0.15, 0.2) is 5.69 Å². The molecule has 178 valence electrons. The van der Waals surface area contributed by atoms with Crippen molar-refractivity contribution in [3.8, 4) is 11.4 Å². The van der Waals surface area contributed by atoms with Crippen molar-refractivity contribution in [2.75, 3.05) is 26.2 Å². The Hall–Kier alpha value is -3.93. The standard InChI is InChI=1S/C22H20F3N5O4/c23-22(24,25)34-19-6-4-16(5-7-19)15-27-10-12-28(13-11-27)21(31)20-8-9-29(26-20)17-2-1-3-18(14-17)30(32)33/h1-9,14H,10-13,15H2. The van der Waals surface area contributed by atoms with Gasteiger partial charge in [0.25, 0.3) is 11.6 Å². The van der Waals surface area contributed by atoms with E-state index in [4.69, 9.17) is 0 Å². The molecule has 2 aromatic carbocycles. The lowest BCUT2D eigenvalue weighted by Crippen LogP contribution is -2.48. The first-order chi connectivity index (χ1) is 16.2. The maximum absolute atomic E-state index is 12.9. The van der Waals surface area contributed by atoms with Crippen LogP contribution in [0, 0.1) is 10.1 Å². The number of carbonyl (C=O) groups is 1. The lowest BCUT2D eigenvalue weighted by atomic mass is 10.2. The van der Waals surface area contributed by atoms with Gasteiger partial charge in [-0.15, -0.1) is 13.2 Å². The van der Waals surface area contributed by atoms with Gasteiger partial charge in [0, 0.05) is 51.1 Å². The Bertz CT molecular complexity index is 1170. The van der Waals surface area contributed by atoms with Gasteiger partial charge in [-0.1, -0.05) is 18.2 Å². The average Bonchev–Trinajstić information content (AvgIpc) is 3.30. The van der Waals surface area contributed by atoms with Gasteiger partial charge in [-0.2, -0.15) is 5.10 Å². The lowest BCUT2D eigenvalue weighted by molar-refractivity contribution is -0.384. The topological polar surface area (TPSA) is 93.7 Å². The molecule has 1 aliphatic rings. The number of aromatic nitrogens is 2. The summed E-state index contributed by atoms with van der Waals surface area (Å²) in [5.41, 5.74) is 1.48. The monoisotopic (exact) mass is 475 g/mol. The Morgan fingerprint density at radius 2 is 1.76 bits per heavy atom. The number of alkyl halides is 3. The van der Waals surface area contributed by atoms with Gasteiger partial charge in [0.05, 0.1) is 10.6 Å². The number of non-ortho nitro benzene ring substituents is 1. The summed E-state index contributed by atoms with van der Waals surface area (Å²) in [7, 11) is 0. The maximum atomic E-state index is 12.9. The SMILES string of the molecule is O=C(c1ccn(-c2cccc([N+](=O)[O-])c2)n1)N1CCN(Cc2ccc(OC(F)(F)F)cc2)CC1. The fraction of sp³-hybridized carbons (Fsp3) is 0.273. The van der Waals surface area contributed by atoms with Crippen LogP contribution in [-0.4, -0.2) is 63.0 Å². The predicted octanol–water partition coefficient (Wildman–Crippen LogP) is 3.64. The van der Waals surface area contributed by atoms with Gasteiger partial charge in [-0.05, 0) is 29.8 Å². The second-order valence-electron chi connectivity index (χ2n) is 7.68. The molecule has 0 unspecified atom stereocenters. The number of hydrogen-bond donors (Lipinski definition) is 0. The summed E-state index contributed by atoms with van der Waals surface area (Å²) in [5, 5.41) is 15.2. The first-order valence-electron chi connectivity index (χ1n) is 10.3. The van der Waals surface area contributed by atoms with Crippen LogP contribution in [-0.2, 0) is 6.54 Å². The zero-order chi connectivity index (χ0) is 24.3. The van der Waals surface area contributed by atoms with E-state index in [9.17, 15) is 28.1 Å². The van der Waals surface area contributed by atoms with Crippen molar-refractivity contribution in [1.82, 2.24) is 19.6 Å². The van der Waals surface area contributed by atoms with Crippen molar-refractivity contribution in [3.63, 3.8) is 0 Å². The van der Waals surface area contributed by atoms with Crippen LogP contribution >= 0.6 is 0 Å². The fourth-order valence-electron chi connectivity index (χ4n) is 3.66. The van der Waals surface area contributed by atoms with Crippen LogP contribution in [0.15, 0.2) is 60.8 Å². The first-order valence-corrected chi connectivity index (χ1v) is 10.3. The third-order valence-corrected chi connectivity index (χ3v) is 5.34. The Morgan fingerprint density at radius 1 is 1.06 bits per heavy atom.